The van der Waals surface area contributed by atoms with Crippen LogP contribution in [0.3, 0.4) is 0 Å². The smallest absolute Gasteiger partial charge is 0.251 e. The minimum atomic E-state index is -1.02. The lowest BCUT2D eigenvalue weighted by Crippen LogP contribution is -2.31. The average molecular weight is 338 g/mol. The highest BCUT2D eigenvalue weighted by Gasteiger charge is 2.17. The zero-order chi connectivity index (χ0) is 16.9. The van der Waals surface area contributed by atoms with E-state index in [1.165, 1.54) is 0 Å². The number of fused-ring (bicyclic) bond motifs is 1. The van der Waals surface area contributed by atoms with Crippen LogP contribution in [0.2, 0.25) is 0 Å². The number of carbonyl (C=O) groups excluding carboxylic acids is 1. The highest BCUT2D eigenvalue weighted by atomic mass is 32.2. The van der Waals surface area contributed by atoms with E-state index >= 15 is 0 Å². The summed E-state index contributed by atoms with van der Waals surface area (Å²) in [6, 6.07) is 18.5. The number of hydrogen-bond donors (Lipinski definition) is 1. The van der Waals surface area contributed by atoms with E-state index in [0.29, 0.717) is 11.3 Å². The molecule has 0 aliphatic carbocycles. The van der Waals surface area contributed by atoms with Crippen molar-refractivity contribution >= 4 is 27.6 Å². The van der Waals surface area contributed by atoms with E-state index in [1.54, 1.807) is 18.5 Å². The van der Waals surface area contributed by atoms with Gasteiger partial charge in [-0.15, -0.1) is 0 Å². The van der Waals surface area contributed by atoms with Crippen LogP contribution in [0, 0.1) is 0 Å². The molecule has 2 aromatic carbocycles. The molecule has 1 amide bonds. The monoisotopic (exact) mass is 338 g/mol. The third-order valence-electron chi connectivity index (χ3n) is 3.77. The number of carbonyl (C=O) groups is 1. The van der Waals surface area contributed by atoms with Gasteiger partial charge in [-0.1, -0.05) is 36.4 Å². The summed E-state index contributed by atoms with van der Waals surface area (Å²) in [6.45, 7) is 0. The molecule has 0 aliphatic rings. The summed E-state index contributed by atoms with van der Waals surface area (Å²) in [4.78, 5) is 16.9. The van der Waals surface area contributed by atoms with Gasteiger partial charge < -0.3 is 5.32 Å². The molecule has 2 atom stereocenters. The van der Waals surface area contributed by atoms with Crippen LogP contribution in [0.1, 0.15) is 22.0 Å². The van der Waals surface area contributed by atoms with Crippen LogP contribution in [0.5, 0.6) is 0 Å². The van der Waals surface area contributed by atoms with Gasteiger partial charge in [-0.05, 0) is 29.8 Å². The topological polar surface area (TPSA) is 59.1 Å². The maximum absolute atomic E-state index is 12.6. The summed E-state index contributed by atoms with van der Waals surface area (Å²) in [5.41, 5.74) is 2.37. The predicted molar refractivity (Wildman–Crippen MR) is 97.3 cm³/mol. The average Bonchev–Trinajstić information content (AvgIpc) is 2.61. The van der Waals surface area contributed by atoms with E-state index < -0.39 is 10.8 Å². The molecule has 0 radical (unpaired) electrons. The number of aromatic nitrogens is 1. The van der Waals surface area contributed by atoms with Crippen LogP contribution in [-0.4, -0.2) is 27.1 Å². The van der Waals surface area contributed by atoms with Crippen molar-refractivity contribution in [1.82, 2.24) is 10.3 Å². The molecule has 1 aromatic heterocycles. The fourth-order valence-corrected chi connectivity index (χ4v) is 3.34. The van der Waals surface area contributed by atoms with Crippen LogP contribution >= 0.6 is 0 Å². The second-order valence-electron chi connectivity index (χ2n) is 5.59. The van der Waals surface area contributed by atoms with Gasteiger partial charge in [0.15, 0.2) is 0 Å². The molecule has 0 unspecified atom stereocenters. The Labute approximate surface area is 143 Å². The number of nitrogens with zero attached hydrogens (tertiary/aromatic N) is 1. The lowest BCUT2D eigenvalue weighted by Gasteiger charge is -2.18. The van der Waals surface area contributed by atoms with E-state index in [4.69, 9.17) is 0 Å². The van der Waals surface area contributed by atoms with E-state index in [9.17, 15) is 9.00 Å². The fourth-order valence-electron chi connectivity index (χ4n) is 2.60. The molecule has 0 bridgehead atoms. The van der Waals surface area contributed by atoms with E-state index in [0.717, 1.165) is 16.5 Å². The molecule has 3 rings (SSSR count). The predicted octanol–water partition coefficient (Wildman–Crippen LogP) is 3.08. The van der Waals surface area contributed by atoms with Gasteiger partial charge in [-0.25, -0.2) is 0 Å². The molecule has 4 nitrogen and oxygen atoms in total. The van der Waals surface area contributed by atoms with Crippen LogP contribution < -0.4 is 5.32 Å². The van der Waals surface area contributed by atoms with Gasteiger partial charge in [0, 0.05) is 40.0 Å². The quantitative estimate of drug-likeness (QED) is 0.778. The van der Waals surface area contributed by atoms with Gasteiger partial charge in [-0.2, -0.15) is 0 Å². The van der Waals surface area contributed by atoms with Crippen molar-refractivity contribution in [3.05, 3.63) is 78.0 Å². The summed E-state index contributed by atoms with van der Waals surface area (Å²) < 4.78 is 11.7. The molecule has 0 spiro atoms. The number of hydrogen-bond acceptors (Lipinski definition) is 3. The van der Waals surface area contributed by atoms with Gasteiger partial charge in [0.25, 0.3) is 5.91 Å². The lowest BCUT2D eigenvalue weighted by atomic mass is 10.1. The van der Waals surface area contributed by atoms with Gasteiger partial charge in [-0.3, -0.25) is 14.0 Å². The number of rotatable bonds is 5. The first kappa shape index (κ1) is 16.3. The molecule has 0 saturated heterocycles. The van der Waals surface area contributed by atoms with Crippen molar-refractivity contribution in [3.63, 3.8) is 0 Å². The van der Waals surface area contributed by atoms with Gasteiger partial charge >= 0.3 is 0 Å². The van der Waals surface area contributed by atoms with Crippen molar-refractivity contribution in [2.45, 2.75) is 6.04 Å². The minimum absolute atomic E-state index is 0.181. The second-order valence-corrected chi connectivity index (χ2v) is 7.07. The Balaban J connectivity index is 1.85. The van der Waals surface area contributed by atoms with E-state index in [2.05, 4.69) is 10.3 Å². The van der Waals surface area contributed by atoms with Crippen LogP contribution in [-0.2, 0) is 10.8 Å². The normalized spacial score (nSPS) is 13.4. The number of pyridine rings is 1. The molecular formula is C19H18N2O2S. The highest BCUT2D eigenvalue weighted by molar-refractivity contribution is 7.84. The molecule has 24 heavy (non-hydrogen) atoms. The molecule has 122 valence electrons. The van der Waals surface area contributed by atoms with Crippen LogP contribution in [0.15, 0.2) is 66.9 Å². The fraction of sp³-hybridized carbons (Fsp3) is 0.158. The Hall–Kier alpha value is -2.53. The molecule has 1 heterocycles. The number of nitrogens with one attached hydrogen (secondary N) is 1. The van der Waals surface area contributed by atoms with Gasteiger partial charge in [0.2, 0.25) is 0 Å². The standard InChI is InChI=1S/C19H18N2O2S/c1-24(23)13-18(14-6-3-2-4-7-14)21-19(22)16-9-10-17-15(12-16)8-5-11-20-17/h2-12,18H,13H2,1H3,(H,21,22)/t18-,24+/m0/s1. The van der Waals surface area contributed by atoms with Crippen molar-refractivity contribution in [2.75, 3.05) is 12.0 Å². The maximum Gasteiger partial charge on any atom is 0.251 e. The molecule has 3 aromatic rings. The zero-order valence-electron chi connectivity index (χ0n) is 13.3. The molecule has 0 fully saturated rings. The summed E-state index contributed by atoms with van der Waals surface area (Å²) in [5, 5.41) is 3.91. The Morgan fingerprint density at radius 2 is 1.92 bits per heavy atom. The van der Waals surface area contributed by atoms with Gasteiger partial charge in [0.05, 0.1) is 11.6 Å². The van der Waals surface area contributed by atoms with Crippen molar-refractivity contribution in [2.24, 2.45) is 0 Å². The van der Waals surface area contributed by atoms with Crippen LogP contribution in [0.25, 0.3) is 10.9 Å². The second kappa shape index (κ2) is 7.36. The molecule has 1 N–H and O–H groups in total. The van der Waals surface area contributed by atoms with Crippen molar-refractivity contribution in [3.8, 4) is 0 Å². The first-order chi connectivity index (χ1) is 11.6. The third kappa shape index (κ3) is 3.86. The van der Waals surface area contributed by atoms with E-state index in [-0.39, 0.29) is 11.9 Å². The SMILES string of the molecule is C[S@@](=O)C[C@H](NC(=O)c1ccc2ncccc2c1)c1ccccc1. The van der Waals surface area contributed by atoms with Crippen molar-refractivity contribution < 1.29 is 9.00 Å². The largest absolute Gasteiger partial charge is 0.344 e. The minimum Gasteiger partial charge on any atom is -0.344 e. The van der Waals surface area contributed by atoms with Gasteiger partial charge in [0.1, 0.15) is 0 Å². The van der Waals surface area contributed by atoms with E-state index in [1.807, 2.05) is 54.6 Å². The highest BCUT2D eigenvalue weighted by Crippen LogP contribution is 2.17. The van der Waals surface area contributed by atoms with Crippen LogP contribution in [0.4, 0.5) is 0 Å². The lowest BCUT2D eigenvalue weighted by molar-refractivity contribution is 0.0940. The Morgan fingerprint density at radius 1 is 1.12 bits per heavy atom. The number of benzene rings is 2. The van der Waals surface area contributed by atoms with Crippen molar-refractivity contribution in [1.29, 1.82) is 0 Å². The molecule has 0 aliphatic heterocycles. The molecule has 5 heteroatoms. The Kier molecular flexibility index (Phi) is 5.01. The molecule has 0 saturated carbocycles. The first-order valence-corrected chi connectivity index (χ1v) is 9.37. The number of amides is 1. The summed E-state index contributed by atoms with van der Waals surface area (Å²) >= 11 is 0. The summed E-state index contributed by atoms with van der Waals surface area (Å²) in [5.74, 6) is 0.199. The third-order valence-corrected chi connectivity index (χ3v) is 4.58. The first-order valence-electron chi connectivity index (χ1n) is 7.64. The Morgan fingerprint density at radius 3 is 2.67 bits per heavy atom. The maximum atomic E-state index is 12.6. The summed E-state index contributed by atoms with van der Waals surface area (Å²) in [7, 11) is -1.02. The summed E-state index contributed by atoms with van der Waals surface area (Å²) in [6.07, 6.45) is 3.37. The Bertz CT molecular complexity index is 881. The zero-order valence-corrected chi connectivity index (χ0v) is 14.1. The molecular weight excluding hydrogens is 320 g/mol.